The number of nitrogens with one attached hydrogen (secondary N) is 1. The first-order valence-electron chi connectivity index (χ1n) is 9.74. The van der Waals surface area contributed by atoms with Crippen molar-refractivity contribution in [2.45, 2.75) is 6.61 Å². The molecule has 0 spiro atoms. The van der Waals surface area contributed by atoms with Crippen LogP contribution < -0.4 is 19.9 Å². The molecule has 1 aliphatic rings. The number of carbonyl (C=O) groups excluding carboxylic acids is 2. The van der Waals surface area contributed by atoms with Gasteiger partial charge in [-0.3, -0.25) is 15.0 Å². The number of amides is 2. The maximum absolute atomic E-state index is 12.9. The lowest BCUT2D eigenvalue weighted by Gasteiger charge is -2.15. The fourth-order valence-electron chi connectivity index (χ4n) is 3.20. The highest BCUT2D eigenvalue weighted by Crippen LogP contribution is 2.43. The van der Waals surface area contributed by atoms with Crippen LogP contribution in [0.3, 0.4) is 0 Å². The minimum absolute atomic E-state index is 0.0267. The van der Waals surface area contributed by atoms with Gasteiger partial charge in [0.05, 0.1) is 12.8 Å². The third-order valence-electron chi connectivity index (χ3n) is 4.88. The van der Waals surface area contributed by atoms with E-state index >= 15 is 0 Å². The Morgan fingerprint density at radius 2 is 1.76 bits per heavy atom. The number of benzene rings is 3. The number of halogens is 3. The van der Waals surface area contributed by atoms with E-state index in [4.69, 9.17) is 21.1 Å². The molecule has 0 bridgehead atoms. The van der Waals surface area contributed by atoms with Crippen LogP contribution in [0, 0.1) is 0 Å². The second kappa shape index (κ2) is 9.99. The quantitative estimate of drug-likeness (QED) is 0.285. The highest BCUT2D eigenvalue weighted by atomic mass is 79.9. The van der Waals surface area contributed by atoms with Crippen LogP contribution in [-0.4, -0.2) is 18.9 Å². The number of hydrogen-bond donors (Lipinski definition) is 1. The van der Waals surface area contributed by atoms with Crippen molar-refractivity contribution in [3.05, 3.63) is 91.3 Å². The average molecular weight is 593 g/mol. The lowest BCUT2D eigenvalue weighted by atomic mass is 10.1. The standard InChI is InChI=1S/C24H17Br2ClN2O4/c1-32-19-12-15(11-18-23(30)28-29(24(18)31)17-5-3-2-4-6-17)20(26)21(27)22(19)33-13-14-7-9-16(25)10-8-14/h2-12H,13H2,1H3,(H,28,30)/b18-11-. The number of hydrogen-bond acceptors (Lipinski definition) is 4. The molecule has 1 aliphatic heterocycles. The molecule has 4 rings (SSSR count). The van der Waals surface area contributed by atoms with Gasteiger partial charge in [-0.2, -0.15) is 0 Å². The topological polar surface area (TPSA) is 67.9 Å². The van der Waals surface area contributed by atoms with Gasteiger partial charge < -0.3 is 9.47 Å². The van der Waals surface area contributed by atoms with Crippen LogP contribution in [0.4, 0.5) is 5.69 Å². The molecule has 0 aromatic heterocycles. The molecule has 0 unspecified atom stereocenters. The summed E-state index contributed by atoms with van der Waals surface area (Å²) in [6.45, 7) is 0.281. The normalized spacial score (nSPS) is 14.5. The highest BCUT2D eigenvalue weighted by molar-refractivity contribution is 9.10. The highest BCUT2D eigenvalue weighted by Gasteiger charge is 2.34. The van der Waals surface area contributed by atoms with Crippen molar-refractivity contribution in [1.82, 2.24) is 5.43 Å². The van der Waals surface area contributed by atoms with Crippen LogP contribution in [0.25, 0.3) is 6.08 Å². The predicted octanol–water partition coefficient (Wildman–Crippen LogP) is 5.91. The van der Waals surface area contributed by atoms with Crippen LogP contribution in [0.15, 0.2) is 75.2 Å². The molecular formula is C24H17Br2ClN2O4. The summed E-state index contributed by atoms with van der Waals surface area (Å²) >= 11 is 13.4. The second-order valence-electron chi connectivity index (χ2n) is 7.02. The van der Waals surface area contributed by atoms with Gasteiger partial charge in [0.2, 0.25) is 0 Å². The van der Waals surface area contributed by atoms with E-state index in [2.05, 4.69) is 37.3 Å². The lowest BCUT2D eigenvalue weighted by molar-refractivity contribution is -0.117. The summed E-state index contributed by atoms with van der Waals surface area (Å²) in [6.07, 6.45) is 1.47. The van der Waals surface area contributed by atoms with Crippen LogP contribution in [0.2, 0.25) is 5.02 Å². The molecule has 6 nitrogen and oxygen atoms in total. The van der Waals surface area contributed by atoms with Gasteiger partial charge in [0.1, 0.15) is 17.2 Å². The molecule has 1 saturated heterocycles. The summed E-state index contributed by atoms with van der Waals surface area (Å²) in [5.74, 6) is -0.257. The SMILES string of the molecule is COc1cc(/C=C2/C(=O)NN(c3ccccc3)C2=O)c(Br)c(Cl)c1OCc1ccc(Br)cc1. The first-order chi connectivity index (χ1) is 15.9. The van der Waals surface area contributed by atoms with E-state index < -0.39 is 11.8 Å². The third-order valence-corrected chi connectivity index (χ3v) is 6.85. The summed E-state index contributed by atoms with van der Waals surface area (Å²) in [5, 5.41) is 1.47. The Hall–Kier alpha value is -2.81. The molecule has 33 heavy (non-hydrogen) atoms. The zero-order chi connectivity index (χ0) is 23.5. The Labute approximate surface area is 212 Å². The average Bonchev–Trinajstić information content (AvgIpc) is 3.11. The maximum Gasteiger partial charge on any atom is 0.282 e. The van der Waals surface area contributed by atoms with Crippen LogP contribution in [-0.2, 0) is 16.2 Å². The van der Waals surface area contributed by atoms with E-state index in [1.54, 1.807) is 30.3 Å². The molecule has 168 valence electrons. The Kier molecular flexibility index (Phi) is 7.07. The van der Waals surface area contributed by atoms with Gasteiger partial charge >= 0.3 is 0 Å². The molecule has 0 atom stereocenters. The molecular weight excluding hydrogens is 576 g/mol. The first-order valence-corrected chi connectivity index (χ1v) is 11.7. The minimum Gasteiger partial charge on any atom is -0.493 e. The zero-order valence-corrected chi connectivity index (χ0v) is 21.2. The Bertz CT molecular complexity index is 1250. The van der Waals surface area contributed by atoms with Crippen molar-refractivity contribution >= 4 is 67.0 Å². The fraction of sp³-hybridized carbons (Fsp3) is 0.0833. The molecule has 3 aromatic rings. The molecule has 0 aliphatic carbocycles. The van der Waals surface area contributed by atoms with Crippen LogP contribution >= 0.6 is 43.5 Å². The molecule has 9 heteroatoms. The largest absolute Gasteiger partial charge is 0.493 e. The van der Waals surface area contributed by atoms with Gasteiger partial charge in [-0.05, 0) is 63.5 Å². The maximum atomic E-state index is 12.9. The van der Waals surface area contributed by atoms with Crippen molar-refractivity contribution in [3.63, 3.8) is 0 Å². The molecule has 1 fully saturated rings. The van der Waals surface area contributed by atoms with E-state index in [9.17, 15) is 9.59 Å². The van der Waals surface area contributed by atoms with Crippen molar-refractivity contribution < 1.29 is 19.1 Å². The number of anilines is 1. The van der Waals surface area contributed by atoms with Gasteiger partial charge in [0.15, 0.2) is 11.5 Å². The number of para-hydroxylation sites is 1. The van der Waals surface area contributed by atoms with Gasteiger partial charge in [-0.15, -0.1) is 0 Å². The van der Waals surface area contributed by atoms with Crippen molar-refractivity contribution in [2.75, 3.05) is 12.1 Å². The second-order valence-corrected chi connectivity index (χ2v) is 9.10. The Morgan fingerprint density at radius 3 is 2.42 bits per heavy atom. The van der Waals surface area contributed by atoms with Crippen molar-refractivity contribution in [1.29, 1.82) is 0 Å². The molecule has 1 N–H and O–H groups in total. The summed E-state index contributed by atoms with van der Waals surface area (Å²) in [4.78, 5) is 25.4. The minimum atomic E-state index is -0.513. The van der Waals surface area contributed by atoms with Gasteiger partial charge in [-0.25, -0.2) is 5.01 Å². The summed E-state index contributed by atoms with van der Waals surface area (Å²) < 4.78 is 12.9. The number of ether oxygens (including phenoxy) is 2. The number of carbonyl (C=O) groups is 2. The Balaban J connectivity index is 1.64. The third kappa shape index (κ3) is 4.93. The lowest BCUT2D eigenvalue weighted by Crippen LogP contribution is -2.35. The first kappa shape index (κ1) is 23.4. The van der Waals surface area contributed by atoms with Gasteiger partial charge in [-0.1, -0.05) is 57.9 Å². The number of nitrogens with zero attached hydrogens (tertiary/aromatic N) is 1. The smallest absolute Gasteiger partial charge is 0.282 e. The molecule has 0 radical (unpaired) electrons. The van der Waals surface area contributed by atoms with Crippen molar-refractivity contribution in [3.8, 4) is 11.5 Å². The van der Waals surface area contributed by atoms with Crippen LogP contribution in [0.5, 0.6) is 11.5 Å². The van der Waals surface area contributed by atoms with E-state index in [0.717, 1.165) is 10.0 Å². The fourth-order valence-corrected chi connectivity index (χ4v) is 4.13. The molecule has 3 aromatic carbocycles. The van der Waals surface area contributed by atoms with Gasteiger partial charge in [0, 0.05) is 8.95 Å². The summed E-state index contributed by atoms with van der Waals surface area (Å²) in [6, 6.07) is 18.2. The van der Waals surface area contributed by atoms with E-state index in [-0.39, 0.29) is 17.2 Å². The van der Waals surface area contributed by atoms with Gasteiger partial charge in [0.25, 0.3) is 11.8 Å². The van der Waals surface area contributed by atoms with E-state index in [0.29, 0.717) is 27.2 Å². The predicted molar refractivity (Wildman–Crippen MR) is 134 cm³/mol. The summed E-state index contributed by atoms with van der Waals surface area (Å²) in [7, 11) is 1.49. The number of hydrazine groups is 1. The van der Waals surface area contributed by atoms with E-state index in [1.165, 1.54) is 18.2 Å². The Morgan fingerprint density at radius 1 is 1.06 bits per heavy atom. The molecule has 1 heterocycles. The summed E-state index contributed by atoms with van der Waals surface area (Å²) in [5.41, 5.74) is 4.56. The number of rotatable bonds is 6. The molecule has 0 saturated carbocycles. The van der Waals surface area contributed by atoms with Crippen LogP contribution in [0.1, 0.15) is 11.1 Å². The zero-order valence-electron chi connectivity index (χ0n) is 17.3. The van der Waals surface area contributed by atoms with E-state index in [1.807, 2.05) is 30.3 Å². The molecule has 2 amide bonds. The van der Waals surface area contributed by atoms with Crippen molar-refractivity contribution in [2.24, 2.45) is 0 Å². The monoisotopic (exact) mass is 590 g/mol. The number of methoxy groups -OCH3 is 1.